The highest BCUT2D eigenvalue weighted by Crippen LogP contribution is 2.31. The molecule has 8 heteroatoms. The molecule has 1 aliphatic rings. The summed E-state index contributed by atoms with van der Waals surface area (Å²) in [7, 11) is 0. The summed E-state index contributed by atoms with van der Waals surface area (Å²) in [5.74, 6) is 0.224. The fourth-order valence-electron chi connectivity index (χ4n) is 3.72. The van der Waals surface area contributed by atoms with Crippen molar-refractivity contribution in [3.63, 3.8) is 0 Å². The van der Waals surface area contributed by atoms with E-state index in [0.29, 0.717) is 46.2 Å². The number of fused-ring (bicyclic) bond motifs is 1. The third kappa shape index (κ3) is 4.49. The van der Waals surface area contributed by atoms with Crippen LogP contribution < -0.4 is 10.7 Å². The first kappa shape index (κ1) is 22.3. The van der Waals surface area contributed by atoms with Crippen LogP contribution in [-0.2, 0) is 6.42 Å². The van der Waals surface area contributed by atoms with Crippen molar-refractivity contribution in [1.82, 2.24) is 5.43 Å². The molecule has 1 aromatic heterocycles. The lowest BCUT2D eigenvalue weighted by atomic mass is 9.93. The molecule has 1 aliphatic carbocycles. The minimum absolute atomic E-state index is 0.245. The Hall–Kier alpha value is -2.90. The van der Waals surface area contributed by atoms with Gasteiger partial charge in [0, 0.05) is 22.0 Å². The number of nitrogens with one attached hydrogen (secondary N) is 2. The van der Waals surface area contributed by atoms with Crippen LogP contribution in [-0.4, -0.2) is 17.5 Å². The van der Waals surface area contributed by atoms with Crippen LogP contribution in [0.4, 0.5) is 5.69 Å². The second-order valence-corrected chi connectivity index (χ2v) is 8.89. The molecule has 0 bridgehead atoms. The van der Waals surface area contributed by atoms with E-state index in [1.165, 1.54) is 0 Å². The highest BCUT2D eigenvalue weighted by atomic mass is 79.9. The number of nitrogens with zero attached hydrogens (tertiary/aromatic N) is 1. The minimum Gasteiger partial charge on any atom is -0.455 e. The molecule has 0 saturated heterocycles. The van der Waals surface area contributed by atoms with E-state index >= 15 is 0 Å². The number of hydrazone groups is 1. The van der Waals surface area contributed by atoms with Crippen molar-refractivity contribution < 1.29 is 14.0 Å². The zero-order valence-electron chi connectivity index (χ0n) is 17.6. The first-order valence-electron chi connectivity index (χ1n) is 10.2. The highest BCUT2D eigenvalue weighted by Gasteiger charge is 2.28. The minimum atomic E-state index is -0.390. The van der Waals surface area contributed by atoms with E-state index < -0.39 is 5.91 Å². The van der Waals surface area contributed by atoms with Crippen LogP contribution in [0, 0.1) is 13.8 Å². The normalized spacial score (nSPS) is 14.2. The molecule has 0 saturated carbocycles. The average Bonchev–Trinajstić information content (AvgIpc) is 3.11. The van der Waals surface area contributed by atoms with Gasteiger partial charge in [-0.3, -0.25) is 9.59 Å². The molecule has 0 aliphatic heterocycles. The molecule has 2 N–H and O–H groups in total. The number of anilines is 1. The van der Waals surface area contributed by atoms with Crippen molar-refractivity contribution in [2.75, 3.05) is 5.32 Å². The Balaban J connectivity index is 1.58. The van der Waals surface area contributed by atoms with Crippen LogP contribution in [0.1, 0.15) is 56.2 Å². The lowest BCUT2D eigenvalue weighted by molar-refractivity contribution is 0.0953. The Morgan fingerprint density at radius 1 is 1.09 bits per heavy atom. The molecule has 0 unspecified atom stereocenters. The highest BCUT2D eigenvalue weighted by molar-refractivity contribution is 9.10. The van der Waals surface area contributed by atoms with Gasteiger partial charge in [-0.05, 0) is 72.4 Å². The molecule has 4 rings (SSSR count). The van der Waals surface area contributed by atoms with Crippen LogP contribution in [0.25, 0.3) is 0 Å². The average molecular weight is 515 g/mol. The number of carbonyl (C=O) groups excluding carboxylic acids is 2. The second-order valence-electron chi connectivity index (χ2n) is 7.62. The quantitative estimate of drug-likeness (QED) is 0.417. The molecule has 3 aromatic rings. The van der Waals surface area contributed by atoms with Crippen molar-refractivity contribution in [2.45, 2.75) is 33.1 Å². The van der Waals surface area contributed by atoms with Gasteiger partial charge < -0.3 is 9.73 Å². The largest absolute Gasteiger partial charge is 0.455 e. The Bertz CT molecular complexity index is 1250. The summed E-state index contributed by atoms with van der Waals surface area (Å²) in [4.78, 5) is 25.4. The molecule has 1 heterocycles. The van der Waals surface area contributed by atoms with Gasteiger partial charge in [-0.2, -0.15) is 5.10 Å². The van der Waals surface area contributed by atoms with Crippen LogP contribution in [0.15, 0.2) is 56.5 Å². The predicted octanol–water partition coefficient (Wildman–Crippen LogP) is 6.04. The summed E-state index contributed by atoms with van der Waals surface area (Å²) in [6.45, 7) is 3.81. The number of rotatable bonds is 4. The number of halogens is 2. The van der Waals surface area contributed by atoms with Crippen molar-refractivity contribution in [2.24, 2.45) is 5.10 Å². The summed E-state index contributed by atoms with van der Waals surface area (Å²) in [6, 6.07) is 12.5. The number of furan rings is 1. The number of amides is 2. The van der Waals surface area contributed by atoms with E-state index in [1.807, 2.05) is 32.0 Å². The van der Waals surface area contributed by atoms with Gasteiger partial charge in [-0.25, -0.2) is 5.43 Å². The van der Waals surface area contributed by atoms with Crippen LogP contribution in [0.3, 0.4) is 0 Å². The topological polar surface area (TPSA) is 83.7 Å². The fraction of sp³-hybridized carbons (Fsp3) is 0.208. The van der Waals surface area contributed by atoms with Crippen molar-refractivity contribution in [1.29, 1.82) is 0 Å². The molecule has 164 valence electrons. The van der Waals surface area contributed by atoms with Gasteiger partial charge in [0.05, 0.1) is 22.0 Å². The number of aryl methyl sites for hydroxylation is 2. The third-order valence-electron chi connectivity index (χ3n) is 5.32. The van der Waals surface area contributed by atoms with Gasteiger partial charge in [0.15, 0.2) is 5.76 Å². The zero-order valence-corrected chi connectivity index (χ0v) is 19.9. The SMILES string of the molecule is Cc1ccc(NC(=O)c2oc3c(c2C)/C(=N/NC(=O)c2ccccc2Cl)CCC3)c(Br)c1. The molecule has 2 amide bonds. The van der Waals surface area contributed by atoms with Gasteiger partial charge in [0.2, 0.25) is 0 Å². The number of hydrogen-bond acceptors (Lipinski definition) is 4. The Morgan fingerprint density at radius 2 is 1.88 bits per heavy atom. The van der Waals surface area contributed by atoms with Gasteiger partial charge in [-0.1, -0.05) is 29.8 Å². The lowest BCUT2D eigenvalue weighted by Gasteiger charge is -2.13. The van der Waals surface area contributed by atoms with Gasteiger partial charge in [0.1, 0.15) is 5.76 Å². The maximum Gasteiger partial charge on any atom is 0.291 e. The van der Waals surface area contributed by atoms with Crippen LogP contribution in [0.2, 0.25) is 5.02 Å². The summed E-state index contributed by atoms with van der Waals surface area (Å²) in [5, 5.41) is 7.59. The molecule has 32 heavy (non-hydrogen) atoms. The summed E-state index contributed by atoms with van der Waals surface area (Å²) in [5.41, 5.74) is 6.84. The smallest absolute Gasteiger partial charge is 0.291 e. The first-order valence-corrected chi connectivity index (χ1v) is 11.3. The standard InChI is InChI=1S/C24H21BrClN3O3/c1-13-10-11-18(16(25)12-13)27-24(31)22-14(2)21-19(8-5-9-20(21)32-22)28-29-23(30)15-6-3-4-7-17(15)26/h3-4,6-7,10-12H,5,8-9H2,1-2H3,(H,27,31)(H,29,30)/b28-19+. The van der Waals surface area contributed by atoms with Gasteiger partial charge in [-0.15, -0.1) is 0 Å². The number of carbonyl (C=O) groups is 2. The van der Waals surface area contributed by atoms with E-state index in [2.05, 4.69) is 31.8 Å². The maximum atomic E-state index is 12.9. The Labute approximate surface area is 199 Å². The summed E-state index contributed by atoms with van der Waals surface area (Å²) in [6.07, 6.45) is 2.18. The van der Waals surface area contributed by atoms with E-state index in [1.54, 1.807) is 24.3 Å². The molecule has 0 radical (unpaired) electrons. The van der Waals surface area contributed by atoms with Crippen LogP contribution in [0.5, 0.6) is 0 Å². The number of benzene rings is 2. The molecular weight excluding hydrogens is 494 g/mol. The Kier molecular flexibility index (Phi) is 6.48. The van der Waals surface area contributed by atoms with E-state index in [4.69, 9.17) is 16.0 Å². The summed E-state index contributed by atoms with van der Waals surface area (Å²) >= 11 is 9.58. The van der Waals surface area contributed by atoms with Crippen LogP contribution >= 0.6 is 27.5 Å². The predicted molar refractivity (Wildman–Crippen MR) is 129 cm³/mol. The van der Waals surface area contributed by atoms with E-state index in [-0.39, 0.29) is 11.7 Å². The van der Waals surface area contributed by atoms with Gasteiger partial charge in [0.25, 0.3) is 11.8 Å². The first-order chi connectivity index (χ1) is 15.3. The summed E-state index contributed by atoms with van der Waals surface area (Å²) < 4.78 is 6.73. The van der Waals surface area contributed by atoms with Gasteiger partial charge >= 0.3 is 0 Å². The molecule has 6 nitrogen and oxygen atoms in total. The third-order valence-corrected chi connectivity index (χ3v) is 6.30. The molecule has 0 spiro atoms. The molecule has 0 atom stereocenters. The van der Waals surface area contributed by atoms with Crippen molar-refractivity contribution in [3.05, 3.63) is 85.7 Å². The number of hydrogen-bond donors (Lipinski definition) is 2. The lowest BCUT2D eigenvalue weighted by Crippen LogP contribution is -2.22. The Morgan fingerprint density at radius 3 is 2.62 bits per heavy atom. The molecule has 0 fully saturated rings. The monoisotopic (exact) mass is 513 g/mol. The maximum absolute atomic E-state index is 12.9. The van der Waals surface area contributed by atoms with Crippen molar-refractivity contribution >= 4 is 50.7 Å². The van der Waals surface area contributed by atoms with E-state index in [0.717, 1.165) is 22.0 Å². The molecular formula is C24H21BrClN3O3. The fourth-order valence-corrected chi connectivity index (χ4v) is 4.54. The van der Waals surface area contributed by atoms with E-state index in [9.17, 15) is 9.59 Å². The van der Waals surface area contributed by atoms with Crippen molar-refractivity contribution in [3.8, 4) is 0 Å². The zero-order chi connectivity index (χ0) is 22.8. The molecule has 2 aromatic carbocycles. The second kappa shape index (κ2) is 9.30.